The highest BCUT2D eigenvalue weighted by Gasteiger charge is 2.20. The van der Waals surface area contributed by atoms with Gasteiger partial charge in [0.1, 0.15) is 5.82 Å². The summed E-state index contributed by atoms with van der Waals surface area (Å²) in [4.78, 5) is 23.9. The van der Waals surface area contributed by atoms with Crippen LogP contribution in [0.4, 0.5) is 10.1 Å². The Morgan fingerprint density at radius 3 is 2.59 bits per heavy atom. The van der Waals surface area contributed by atoms with Gasteiger partial charge in [0, 0.05) is 10.2 Å². The number of rotatable bonds is 4. The van der Waals surface area contributed by atoms with Crippen LogP contribution in [0.5, 0.6) is 0 Å². The molecule has 2 aromatic rings. The zero-order chi connectivity index (χ0) is 16.1. The van der Waals surface area contributed by atoms with E-state index in [0.29, 0.717) is 15.7 Å². The van der Waals surface area contributed by atoms with Gasteiger partial charge in [-0.05, 0) is 53.2 Å². The fraction of sp³-hybridized carbons (Fsp3) is 0.125. The number of amides is 1. The summed E-state index contributed by atoms with van der Waals surface area (Å²) >= 11 is 3.24. The maximum Gasteiger partial charge on any atom is 0.340 e. The van der Waals surface area contributed by atoms with Crippen molar-refractivity contribution in [2.75, 3.05) is 5.32 Å². The Bertz CT molecular complexity index is 705. The van der Waals surface area contributed by atoms with Crippen molar-refractivity contribution in [3.63, 3.8) is 0 Å². The molecule has 0 saturated carbocycles. The Balaban J connectivity index is 1.99. The van der Waals surface area contributed by atoms with Crippen LogP contribution in [0, 0.1) is 5.82 Å². The van der Waals surface area contributed by atoms with Gasteiger partial charge in [0.25, 0.3) is 5.91 Å². The molecule has 0 aliphatic carbocycles. The van der Waals surface area contributed by atoms with Crippen LogP contribution < -0.4 is 5.32 Å². The Hall–Kier alpha value is -2.21. The van der Waals surface area contributed by atoms with E-state index >= 15 is 0 Å². The molecule has 0 fully saturated rings. The van der Waals surface area contributed by atoms with Gasteiger partial charge in [-0.15, -0.1) is 0 Å². The first-order valence-corrected chi connectivity index (χ1v) is 7.28. The fourth-order valence-corrected chi connectivity index (χ4v) is 2.16. The average Bonchev–Trinajstić information content (AvgIpc) is 2.47. The monoisotopic (exact) mass is 365 g/mol. The molecule has 2 rings (SSSR count). The molecular formula is C16H13BrFNO3. The zero-order valence-electron chi connectivity index (χ0n) is 11.7. The highest BCUT2D eigenvalue weighted by Crippen LogP contribution is 2.18. The first-order valence-electron chi connectivity index (χ1n) is 6.49. The van der Waals surface area contributed by atoms with Crippen LogP contribution in [0.1, 0.15) is 17.3 Å². The van der Waals surface area contributed by atoms with Gasteiger partial charge in [0.2, 0.25) is 0 Å². The second kappa shape index (κ2) is 7.17. The molecule has 1 unspecified atom stereocenters. The zero-order valence-corrected chi connectivity index (χ0v) is 13.3. The van der Waals surface area contributed by atoms with E-state index < -0.39 is 23.8 Å². The van der Waals surface area contributed by atoms with Crippen molar-refractivity contribution in [2.24, 2.45) is 0 Å². The molecule has 0 bridgehead atoms. The van der Waals surface area contributed by atoms with Gasteiger partial charge in [-0.25, -0.2) is 9.18 Å². The Morgan fingerprint density at radius 2 is 1.91 bits per heavy atom. The largest absolute Gasteiger partial charge is 0.449 e. The number of hydrogen-bond donors (Lipinski definition) is 1. The van der Waals surface area contributed by atoms with Gasteiger partial charge in [-0.1, -0.05) is 18.2 Å². The second-order valence-corrected chi connectivity index (χ2v) is 5.38. The molecule has 114 valence electrons. The summed E-state index contributed by atoms with van der Waals surface area (Å²) in [5.41, 5.74) is 0.627. The van der Waals surface area contributed by atoms with E-state index in [1.807, 2.05) is 0 Å². The van der Waals surface area contributed by atoms with Crippen molar-refractivity contribution in [3.8, 4) is 0 Å². The SMILES string of the molecule is CC(OC(=O)c1ccccc1Br)C(=O)Nc1cccc(F)c1. The van der Waals surface area contributed by atoms with Crippen molar-refractivity contribution >= 4 is 33.5 Å². The third-order valence-corrected chi connectivity index (χ3v) is 3.53. The lowest BCUT2D eigenvalue weighted by Gasteiger charge is -2.14. The summed E-state index contributed by atoms with van der Waals surface area (Å²) < 4.78 is 18.7. The minimum absolute atomic E-state index is 0.300. The van der Waals surface area contributed by atoms with Crippen molar-refractivity contribution in [1.29, 1.82) is 0 Å². The summed E-state index contributed by atoms with van der Waals surface area (Å²) in [6, 6.07) is 12.2. The minimum atomic E-state index is -1.01. The van der Waals surface area contributed by atoms with Gasteiger partial charge >= 0.3 is 5.97 Å². The van der Waals surface area contributed by atoms with E-state index in [-0.39, 0.29) is 0 Å². The van der Waals surface area contributed by atoms with E-state index in [0.717, 1.165) is 0 Å². The lowest BCUT2D eigenvalue weighted by atomic mass is 10.2. The first-order chi connectivity index (χ1) is 10.5. The van der Waals surface area contributed by atoms with Crippen LogP contribution in [0.2, 0.25) is 0 Å². The Kier molecular flexibility index (Phi) is 5.27. The molecule has 1 N–H and O–H groups in total. The molecule has 1 atom stereocenters. The summed E-state index contributed by atoms with van der Waals surface area (Å²) in [5.74, 6) is -1.61. The van der Waals surface area contributed by atoms with Crippen LogP contribution >= 0.6 is 15.9 Å². The summed E-state index contributed by atoms with van der Waals surface area (Å²) in [6.07, 6.45) is -1.01. The molecule has 0 radical (unpaired) electrons. The number of benzene rings is 2. The van der Waals surface area contributed by atoms with Crippen molar-refractivity contribution < 1.29 is 18.7 Å². The van der Waals surface area contributed by atoms with Gasteiger partial charge in [0.15, 0.2) is 6.10 Å². The number of halogens is 2. The Morgan fingerprint density at radius 1 is 1.18 bits per heavy atom. The van der Waals surface area contributed by atoms with Crippen LogP contribution in [0.25, 0.3) is 0 Å². The smallest absolute Gasteiger partial charge is 0.340 e. The van der Waals surface area contributed by atoms with Crippen molar-refractivity contribution in [3.05, 3.63) is 64.4 Å². The number of esters is 1. The predicted molar refractivity (Wildman–Crippen MR) is 84.0 cm³/mol. The topological polar surface area (TPSA) is 55.4 Å². The molecule has 6 heteroatoms. The molecule has 0 aromatic heterocycles. The van der Waals surface area contributed by atoms with E-state index in [1.165, 1.54) is 25.1 Å². The molecule has 4 nitrogen and oxygen atoms in total. The normalized spacial score (nSPS) is 11.6. The van der Waals surface area contributed by atoms with E-state index in [4.69, 9.17) is 4.74 Å². The maximum absolute atomic E-state index is 13.1. The number of carbonyl (C=O) groups is 2. The molecular weight excluding hydrogens is 353 g/mol. The van der Waals surface area contributed by atoms with Gasteiger partial charge in [-0.2, -0.15) is 0 Å². The van der Waals surface area contributed by atoms with Crippen molar-refractivity contribution in [1.82, 2.24) is 0 Å². The molecule has 0 aliphatic rings. The van der Waals surface area contributed by atoms with Gasteiger partial charge < -0.3 is 10.1 Å². The molecule has 0 saturated heterocycles. The van der Waals surface area contributed by atoms with Crippen LogP contribution in [0.15, 0.2) is 53.0 Å². The minimum Gasteiger partial charge on any atom is -0.449 e. The number of anilines is 1. The van der Waals surface area contributed by atoms with Crippen molar-refractivity contribution in [2.45, 2.75) is 13.0 Å². The number of nitrogens with one attached hydrogen (secondary N) is 1. The van der Waals surface area contributed by atoms with Crippen LogP contribution in [-0.4, -0.2) is 18.0 Å². The predicted octanol–water partition coefficient (Wildman–Crippen LogP) is 3.77. The molecule has 0 aliphatic heterocycles. The summed E-state index contributed by atoms with van der Waals surface area (Å²) in [6.45, 7) is 1.45. The quantitative estimate of drug-likeness (QED) is 0.839. The van der Waals surface area contributed by atoms with E-state index in [1.54, 1.807) is 30.3 Å². The molecule has 0 heterocycles. The lowest BCUT2D eigenvalue weighted by molar-refractivity contribution is -0.123. The molecule has 0 spiro atoms. The molecule has 22 heavy (non-hydrogen) atoms. The van der Waals surface area contributed by atoms with Gasteiger partial charge in [-0.3, -0.25) is 4.79 Å². The highest BCUT2D eigenvalue weighted by molar-refractivity contribution is 9.10. The third-order valence-electron chi connectivity index (χ3n) is 2.84. The van der Waals surface area contributed by atoms with E-state index in [9.17, 15) is 14.0 Å². The van der Waals surface area contributed by atoms with Crippen LogP contribution in [-0.2, 0) is 9.53 Å². The Labute approximate surface area is 135 Å². The second-order valence-electron chi connectivity index (χ2n) is 4.53. The maximum atomic E-state index is 13.1. The summed E-state index contributed by atoms with van der Waals surface area (Å²) in [5, 5.41) is 2.49. The lowest BCUT2D eigenvalue weighted by Crippen LogP contribution is -2.30. The van der Waals surface area contributed by atoms with Crippen LogP contribution in [0.3, 0.4) is 0 Å². The average molecular weight is 366 g/mol. The standard InChI is InChI=1S/C16H13BrFNO3/c1-10(15(20)19-12-6-4-5-11(18)9-12)22-16(21)13-7-2-3-8-14(13)17/h2-10H,1H3,(H,19,20). The third kappa shape index (κ3) is 4.14. The number of ether oxygens (including phenoxy) is 1. The fourth-order valence-electron chi connectivity index (χ4n) is 1.71. The number of hydrogen-bond acceptors (Lipinski definition) is 3. The molecule has 1 amide bonds. The first kappa shape index (κ1) is 16.2. The van der Waals surface area contributed by atoms with Gasteiger partial charge in [0.05, 0.1) is 5.56 Å². The van der Waals surface area contributed by atoms with E-state index in [2.05, 4.69) is 21.2 Å². The highest BCUT2D eigenvalue weighted by atomic mass is 79.9. The molecule has 2 aromatic carbocycles. The number of carbonyl (C=O) groups excluding carboxylic acids is 2. The summed E-state index contributed by atoms with van der Waals surface area (Å²) in [7, 11) is 0.